The molecule has 4 heteroatoms. The fourth-order valence-corrected chi connectivity index (χ4v) is 2.40. The number of para-hydroxylation sites is 1. The molecule has 0 saturated carbocycles. The van der Waals surface area contributed by atoms with E-state index in [0.29, 0.717) is 19.4 Å². The average molecular weight is 317 g/mol. The summed E-state index contributed by atoms with van der Waals surface area (Å²) in [7, 11) is 0. The van der Waals surface area contributed by atoms with Gasteiger partial charge in [-0.1, -0.05) is 41.9 Å². The van der Waals surface area contributed by atoms with E-state index in [1.54, 1.807) is 0 Å². The van der Waals surface area contributed by atoms with Crippen molar-refractivity contribution in [3.8, 4) is 0 Å². The zero-order valence-electron chi connectivity index (χ0n) is 12.5. The van der Waals surface area contributed by atoms with Crippen molar-refractivity contribution in [1.29, 1.82) is 0 Å². The molecule has 116 valence electrons. The number of rotatable bonds is 7. The third-order valence-electron chi connectivity index (χ3n) is 3.55. The largest absolute Gasteiger partial charge is 0.399 e. The van der Waals surface area contributed by atoms with Crippen molar-refractivity contribution in [3.05, 3.63) is 64.7 Å². The van der Waals surface area contributed by atoms with Gasteiger partial charge in [0.05, 0.1) is 0 Å². The number of halogens is 1. The van der Waals surface area contributed by atoms with E-state index in [1.807, 2.05) is 48.5 Å². The summed E-state index contributed by atoms with van der Waals surface area (Å²) in [5.74, 6) is 0.0689. The first-order valence-electron chi connectivity index (χ1n) is 7.49. The summed E-state index contributed by atoms with van der Waals surface area (Å²) < 4.78 is 0. The Morgan fingerprint density at radius 2 is 1.77 bits per heavy atom. The number of carbonyl (C=O) groups excluding carboxylic acids is 1. The van der Waals surface area contributed by atoms with Gasteiger partial charge in [0, 0.05) is 23.7 Å². The molecule has 0 heterocycles. The average Bonchev–Trinajstić information content (AvgIpc) is 2.52. The minimum absolute atomic E-state index is 0.0689. The molecule has 0 unspecified atom stereocenters. The van der Waals surface area contributed by atoms with E-state index >= 15 is 0 Å². The van der Waals surface area contributed by atoms with Crippen LogP contribution < -0.4 is 11.1 Å². The van der Waals surface area contributed by atoms with Gasteiger partial charge in [0.2, 0.25) is 5.91 Å². The lowest BCUT2D eigenvalue weighted by atomic mass is 10.1. The maximum Gasteiger partial charge on any atom is 0.220 e. The Hall–Kier alpha value is -2.00. The molecular weight excluding hydrogens is 296 g/mol. The molecule has 3 N–H and O–H groups in total. The molecule has 3 nitrogen and oxygen atoms in total. The summed E-state index contributed by atoms with van der Waals surface area (Å²) in [5, 5.41) is 3.70. The van der Waals surface area contributed by atoms with Gasteiger partial charge < -0.3 is 11.1 Å². The van der Waals surface area contributed by atoms with Crippen LogP contribution in [0.4, 0.5) is 5.69 Å². The number of nitrogens with two attached hydrogens (primary N) is 1. The predicted molar refractivity (Wildman–Crippen MR) is 92.0 cm³/mol. The number of benzene rings is 2. The predicted octanol–water partition coefficient (Wildman–Crippen LogP) is 3.60. The molecule has 22 heavy (non-hydrogen) atoms. The van der Waals surface area contributed by atoms with Gasteiger partial charge >= 0.3 is 0 Å². The normalized spacial score (nSPS) is 10.4. The molecule has 0 aromatic heterocycles. The maximum atomic E-state index is 11.8. The molecule has 0 aliphatic rings. The van der Waals surface area contributed by atoms with Crippen LogP contribution in [0, 0.1) is 0 Å². The van der Waals surface area contributed by atoms with Crippen molar-refractivity contribution in [2.24, 2.45) is 0 Å². The first-order chi connectivity index (χ1) is 10.6. The van der Waals surface area contributed by atoms with Crippen molar-refractivity contribution in [3.63, 3.8) is 0 Å². The van der Waals surface area contributed by atoms with Crippen LogP contribution in [0.2, 0.25) is 5.02 Å². The Morgan fingerprint density at radius 1 is 1.05 bits per heavy atom. The van der Waals surface area contributed by atoms with E-state index in [2.05, 4.69) is 5.32 Å². The third kappa shape index (κ3) is 5.41. The summed E-state index contributed by atoms with van der Waals surface area (Å²) in [4.78, 5) is 11.8. The number of aryl methyl sites for hydroxylation is 2. The van der Waals surface area contributed by atoms with Gasteiger partial charge in [-0.05, 0) is 48.6 Å². The van der Waals surface area contributed by atoms with Gasteiger partial charge in [0.25, 0.3) is 0 Å². The molecule has 2 rings (SSSR count). The van der Waals surface area contributed by atoms with Crippen molar-refractivity contribution in [1.82, 2.24) is 5.32 Å². The van der Waals surface area contributed by atoms with Gasteiger partial charge in [-0.15, -0.1) is 0 Å². The lowest BCUT2D eigenvalue weighted by molar-refractivity contribution is -0.121. The minimum atomic E-state index is 0.0689. The third-order valence-corrected chi connectivity index (χ3v) is 3.81. The second-order valence-electron chi connectivity index (χ2n) is 5.28. The molecule has 0 atom stereocenters. The highest BCUT2D eigenvalue weighted by atomic mass is 35.5. The lowest BCUT2D eigenvalue weighted by Crippen LogP contribution is -2.25. The topological polar surface area (TPSA) is 55.1 Å². The maximum absolute atomic E-state index is 11.8. The zero-order valence-corrected chi connectivity index (χ0v) is 13.3. The van der Waals surface area contributed by atoms with Crippen molar-refractivity contribution < 1.29 is 4.79 Å². The van der Waals surface area contributed by atoms with E-state index in [-0.39, 0.29) is 5.91 Å². The highest BCUT2D eigenvalue weighted by molar-refractivity contribution is 6.30. The number of hydrogen-bond donors (Lipinski definition) is 2. The number of amides is 1. The minimum Gasteiger partial charge on any atom is -0.399 e. The van der Waals surface area contributed by atoms with Crippen LogP contribution in [0.25, 0.3) is 0 Å². The van der Waals surface area contributed by atoms with Crippen LogP contribution >= 0.6 is 11.6 Å². The number of anilines is 1. The molecule has 0 saturated heterocycles. The SMILES string of the molecule is Nc1ccccc1CCC(=O)NCCCc1ccc(Cl)cc1. The highest BCUT2D eigenvalue weighted by Gasteiger charge is 2.04. The smallest absolute Gasteiger partial charge is 0.220 e. The molecule has 2 aromatic carbocycles. The summed E-state index contributed by atoms with van der Waals surface area (Å²) in [5.41, 5.74) is 8.87. The van der Waals surface area contributed by atoms with Crippen LogP contribution in [0.1, 0.15) is 24.0 Å². The number of carbonyl (C=O) groups is 1. The van der Waals surface area contributed by atoms with Crippen LogP contribution in [0.3, 0.4) is 0 Å². The first-order valence-corrected chi connectivity index (χ1v) is 7.87. The Bertz CT molecular complexity index is 611. The molecule has 0 spiro atoms. The summed E-state index contributed by atoms with van der Waals surface area (Å²) in [6.07, 6.45) is 2.99. The highest BCUT2D eigenvalue weighted by Crippen LogP contribution is 2.13. The zero-order chi connectivity index (χ0) is 15.8. The molecule has 0 fully saturated rings. The molecule has 0 bridgehead atoms. The fraction of sp³-hybridized carbons (Fsp3) is 0.278. The van der Waals surface area contributed by atoms with E-state index in [9.17, 15) is 4.79 Å². The fourth-order valence-electron chi connectivity index (χ4n) is 2.27. The van der Waals surface area contributed by atoms with Gasteiger partial charge in [-0.2, -0.15) is 0 Å². The molecule has 2 aromatic rings. The monoisotopic (exact) mass is 316 g/mol. The molecule has 1 amide bonds. The summed E-state index contributed by atoms with van der Waals surface area (Å²) >= 11 is 5.85. The van der Waals surface area contributed by atoms with Gasteiger partial charge in [0.15, 0.2) is 0 Å². The first kappa shape index (κ1) is 16.4. The van der Waals surface area contributed by atoms with E-state index < -0.39 is 0 Å². The number of nitrogens with one attached hydrogen (secondary N) is 1. The Labute approximate surface area is 136 Å². The molecule has 0 aliphatic heterocycles. The number of hydrogen-bond acceptors (Lipinski definition) is 2. The van der Waals surface area contributed by atoms with Gasteiger partial charge in [0.1, 0.15) is 0 Å². The Kier molecular flexibility index (Phi) is 6.28. The van der Waals surface area contributed by atoms with Crippen LogP contribution in [-0.4, -0.2) is 12.5 Å². The quantitative estimate of drug-likeness (QED) is 0.605. The van der Waals surface area contributed by atoms with E-state index in [1.165, 1.54) is 5.56 Å². The second-order valence-corrected chi connectivity index (χ2v) is 5.72. The molecule has 0 aliphatic carbocycles. The van der Waals surface area contributed by atoms with Crippen LogP contribution in [0.5, 0.6) is 0 Å². The number of nitrogen functional groups attached to an aromatic ring is 1. The lowest BCUT2D eigenvalue weighted by Gasteiger charge is -2.07. The van der Waals surface area contributed by atoms with E-state index in [0.717, 1.165) is 29.1 Å². The second kappa shape index (κ2) is 8.44. The van der Waals surface area contributed by atoms with Crippen molar-refractivity contribution in [2.75, 3.05) is 12.3 Å². The molecule has 0 radical (unpaired) electrons. The van der Waals surface area contributed by atoms with E-state index in [4.69, 9.17) is 17.3 Å². The van der Waals surface area contributed by atoms with Gasteiger partial charge in [-0.3, -0.25) is 4.79 Å². The summed E-state index contributed by atoms with van der Waals surface area (Å²) in [6.45, 7) is 0.686. The van der Waals surface area contributed by atoms with Crippen LogP contribution in [-0.2, 0) is 17.6 Å². The van der Waals surface area contributed by atoms with Crippen molar-refractivity contribution >= 4 is 23.2 Å². The van der Waals surface area contributed by atoms with Gasteiger partial charge in [-0.25, -0.2) is 0 Å². The molecular formula is C18H21ClN2O. The standard InChI is InChI=1S/C18H21ClN2O/c19-16-10-7-14(8-11-16)4-3-13-21-18(22)12-9-15-5-1-2-6-17(15)20/h1-2,5-8,10-11H,3-4,9,12-13,20H2,(H,21,22). The van der Waals surface area contributed by atoms with Crippen LogP contribution in [0.15, 0.2) is 48.5 Å². The summed E-state index contributed by atoms with van der Waals surface area (Å²) in [6, 6.07) is 15.5. The Balaban J connectivity index is 1.64. The Morgan fingerprint density at radius 3 is 2.50 bits per heavy atom. The van der Waals surface area contributed by atoms with Crippen molar-refractivity contribution in [2.45, 2.75) is 25.7 Å².